The zero-order valence-electron chi connectivity index (χ0n) is 12.3. The van der Waals surface area contributed by atoms with Gasteiger partial charge in [0.05, 0.1) is 6.54 Å². The fourth-order valence-corrected chi connectivity index (χ4v) is 2.38. The number of amides is 1. The Kier molecular flexibility index (Phi) is 8.90. The summed E-state index contributed by atoms with van der Waals surface area (Å²) in [6, 6.07) is 5.57. The van der Waals surface area contributed by atoms with Crippen molar-refractivity contribution < 1.29 is 18.0 Å². The molecule has 1 aromatic carbocycles. The van der Waals surface area contributed by atoms with Gasteiger partial charge in [-0.3, -0.25) is 10.1 Å². The minimum Gasteiger partial charge on any atom is -0.340 e. The van der Waals surface area contributed by atoms with Crippen molar-refractivity contribution in [2.75, 3.05) is 19.6 Å². The highest BCUT2D eigenvalue weighted by Crippen LogP contribution is 2.32. The minimum absolute atomic E-state index is 0. The topological polar surface area (TPSA) is 58.4 Å². The highest BCUT2D eigenvalue weighted by molar-refractivity contribution is 5.85. The second-order valence-corrected chi connectivity index (χ2v) is 5.15. The van der Waals surface area contributed by atoms with Crippen LogP contribution in [0.2, 0.25) is 0 Å². The van der Waals surface area contributed by atoms with Crippen LogP contribution in [0.1, 0.15) is 18.0 Å². The Morgan fingerprint density at radius 2 is 1.91 bits per heavy atom. The molecule has 2 unspecified atom stereocenters. The van der Waals surface area contributed by atoms with E-state index in [0.717, 1.165) is 0 Å². The van der Waals surface area contributed by atoms with Gasteiger partial charge in [-0.25, -0.2) is 0 Å². The molecule has 0 saturated carbocycles. The molecule has 1 heterocycles. The van der Waals surface area contributed by atoms with E-state index in [1.165, 1.54) is 29.2 Å². The zero-order chi connectivity index (χ0) is 15.5. The zero-order valence-corrected chi connectivity index (χ0v) is 13.9. The first-order valence-electron chi connectivity index (χ1n) is 6.76. The van der Waals surface area contributed by atoms with E-state index in [2.05, 4.69) is 5.32 Å². The maximum Gasteiger partial charge on any atom is 0.407 e. The van der Waals surface area contributed by atoms with Crippen LogP contribution in [0.5, 0.6) is 0 Å². The van der Waals surface area contributed by atoms with Crippen molar-refractivity contribution >= 4 is 30.7 Å². The summed E-state index contributed by atoms with van der Waals surface area (Å²) in [5.41, 5.74) is 5.78. The summed E-state index contributed by atoms with van der Waals surface area (Å²) in [4.78, 5) is 13.4. The third kappa shape index (κ3) is 6.18. The number of likely N-dealkylation sites (tertiary alicyclic amines) is 1. The fraction of sp³-hybridized carbons (Fsp3) is 0.500. The van der Waals surface area contributed by atoms with Gasteiger partial charge in [-0.2, -0.15) is 13.2 Å². The Labute approximate surface area is 145 Å². The summed E-state index contributed by atoms with van der Waals surface area (Å²) in [6.07, 6.45) is -3.77. The molecule has 0 spiro atoms. The van der Waals surface area contributed by atoms with Gasteiger partial charge in [0.1, 0.15) is 6.04 Å². The molecule has 0 radical (unpaired) electrons. The van der Waals surface area contributed by atoms with Crippen LogP contribution in [-0.2, 0) is 4.79 Å². The Hall–Kier alpha value is -1.02. The van der Waals surface area contributed by atoms with Crippen molar-refractivity contribution in [1.82, 2.24) is 10.2 Å². The standard InChI is InChI=1S/C14H18F3N3O.2ClH/c15-14(16,17)13(10-4-2-1-3-5-10)19-8-12(21)20-7-6-11(18)9-20;;/h1-5,11,13,19H,6-9,18H2;2*1H. The molecule has 0 bridgehead atoms. The van der Waals surface area contributed by atoms with Crippen LogP contribution in [0.4, 0.5) is 13.2 Å². The molecule has 2 atom stereocenters. The first kappa shape index (κ1) is 22.0. The van der Waals surface area contributed by atoms with Crippen molar-refractivity contribution in [1.29, 1.82) is 0 Å². The van der Waals surface area contributed by atoms with Gasteiger partial charge >= 0.3 is 6.18 Å². The normalized spacial score (nSPS) is 18.8. The van der Waals surface area contributed by atoms with Crippen LogP contribution in [-0.4, -0.2) is 42.7 Å². The number of nitrogens with one attached hydrogen (secondary N) is 1. The predicted octanol–water partition coefficient (Wildman–Crippen LogP) is 2.28. The number of nitrogens with zero attached hydrogens (tertiary/aromatic N) is 1. The number of nitrogens with two attached hydrogens (primary N) is 1. The molecule has 9 heteroatoms. The molecule has 4 nitrogen and oxygen atoms in total. The Bertz CT molecular complexity index is 488. The number of carbonyl (C=O) groups excluding carboxylic acids is 1. The molecule has 1 aliphatic rings. The molecule has 132 valence electrons. The highest BCUT2D eigenvalue weighted by atomic mass is 35.5. The van der Waals surface area contributed by atoms with E-state index in [9.17, 15) is 18.0 Å². The van der Waals surface area contributed by atoms with E-state index in [1.807, 2.05) is 0 Å². The SMILES string of the molecule is Cl.Cl.NC1CCN(C(=O)CNC(c2ccccc2)C(F)(F)F)C1. The Balaban J connectivity index is 0.00000242. The van der Waals surface area contributed by atoms with E-state index in [4.69, 9.17) is 5.73 Å². The van der Waals surface area contributed by atoms with Crippen LogP contribution in [0.25, 0.3) is 0 Å². The van der Waals surface area contributed by atoms with E-state index in [1.54, 1.807) is 6.07 Å². The molecule has 0 aliphatic carbocycles. The smallest absolute Gasteiger partial charge is 0.340 e. The average Bonchev–Trinajstić information content (AvgIpc) is 2.85. The molecule has 1 amide bonds. The van der Waals surface area contributed by atoms with Crippen LogP contribution in [0, 0.1) is 0 Å². The first-order valence-corrected chi connectivity index (χ1v) is 6.76. The van der Waals surface area contributed by atoms with E-state index in [-0.39, 0.29) is 48.9 Å². The lowest BCUT2D eigenvalue weighted by atomic mass is 10.1. The van der Waals surface area contributed by atoms with Crippen LogP contribution in [0.3, 0.4) is 0 Å². The van der Waals surface area contributed by atoms with Gasteiger partial charge in [-0.15, -0.1) is 24.8 Å². The molecule has 1 aromatic rings. The summed E-state index contributed by atoms with van der Waals surface area (Å²) >= 11 is 0. The van der Waals surface area contributed by atoms with E-state index >= 15 is 0 Å². The van der Waals surface area contributed by atoms with Crippen molar-refractivity contribution in [3.05, 3.63) is 35.9 Å². The lowest BCUT2D eigenvalue weighted by Crippen LogP contribution is -2.42. The summed E-state index contributed by atoms with van der Waals surface area (Å²) < 4.78 is 39.3. The highest BCUT2D eigenvalue weighted by Gasteiger charge is 2.41. The quantitative estimate of drug-likeness (QED) is 0.850. The van der Waals surface area contributed by atoms with Gasteiger partial charge in [0.25, 0.3) is 0 Å². The van der Waals surface area contributed by atoms with Crippen molar-refractivity contribution in [3.8, 4) is 0 Å². The van der Waals surface area contributed by atoms with Crippen molar-refractivity contribution in [2.45, 2.75) is 24.7 Å². The molecule has 1 aliphatic heterocycles. The number of benzene rings is 1. The lowest BCUT2D eigenvalue weighted by molar-refractivity contribution is -0.159. The van der Waals surface area contributed by atoms with Gasteiger partial charge in [0.15, 0.2) is 0 Å². The second kappa shape index (κ2) is 9.32. The Morgan fingerprint density at radius 3 is 2.39 bits per heavy atom. The van der Waals surface area contributed by atoms with Crippen molar-refractivity contribution in [3.63, 3.8) is 0 Å². The van der Waals surface area contributed by atoms with Gasteiger partial charge < -0.3 is 10.6 Å². The van der Waals surface area contributed by atoms with Gasteiger partial charge in [0.2, 0.25) is 5.91 Å². The number of halogens is 5. The molecular weight excluding hydrogens is 354 g/mol. The second-order valence-electron chi connectivity index (χ2n) is 5.15. The average molecular weight is 374 g/mol. The number of rotatable bonds is 4. The van der Waals surface area contributed by atoms with E-state index in [0.29, 0.717) is 19.5 Å². The fourth-order valence-electron chi connectivity index (χ4n) is 2.38. The van der Waals surface area contributed by atoms with Crippen LogP contribution < -0.4 is 11.1 Å². The molecule has 2 rings (SSSR count). The minimum atomic E-state index is -4.46. The largest absolute Gasteiger partial charge is 0.407 e. The van der Waals surface area contributed by atoms with Crippen LogP contribution >= 0.6 is 24.8 Å². The predicted molar refractivity (Wildman–Crippen MR) is 86.9 cm³/mol. The maximum atomic E-state index is 13.1. The molecule has 0 aromatic heterocycles. The number of hydrogen-bond acceptors (Lipinski definition) is 3. The van der Waals surface area contributed by atoms with Gasteiger partial charge in [0, 0.05) is 19.1 Å². The van der Waals surface area contributed by atoms with Gasteiger partial charge in [-0.1, -0.05) is 30.3 Å². The Morgan fingerprint density at radius 1 is 1.30 bits per heavy atom. The number of carbonyl (C=O) groups is 1. The van der Waals surface area contributed by atoms with Crippen molar-refractivity contribution in [2.24, 2.45) is 5.73 Å². The summed E-state index contributed by atoms with van der Waals surface area (Å²) in [6.45, 7) is 0.554. The summed E-state index contributed by atoms with van der Waals surface area (Å²) in [5.74, 6) is -0.354. The number of hydrogen-bond donors (Lipinski definition) is 2. The summed E-state index contributed by atoms with van der Waals surface area (Å²) in [5, 5.41) is 2.31. The molecular formula is C14H20Cl2F3N3O. The lowest BCUT2D eigenvalue weighted by Gasteiger charge is -2.23. The van der Waals surface area contributed by atoms with E-state index < -0.39 is 12.2 Å². The summed E-state index contributed by atoms with van der Waals surface area (Å²) in [7, 11) is 0. The molecule has 1 saturated heterocycles. The molecule has 1 fully saturated rings. The molecule has 23 heavy (non-hydrogen) atoms. The number of alkyl halides is 3. The third-order valence-electron chi connectivity index (χ3n) is 3.50. The molecule has 3 N–H and O–H groups in total. The first-order chi connectivity index (χ1) is 9.88. The van der Waals surface area contributed by atoms with Crippen LogP contribution in [0.15, 0.2) is 30.3 Å². The maximum absolute atomic E-state index is 13.1. The van der Waals surface area contributed by atoms with Gasteiger partial charge in [-0.05, 0) is 12.0 Å². The monoisotopic (exact) mass is 373 g/mol. The third-order valence-corrected chi connectivity index (χ3v) is 3.50.